The number of carbonyl (C=O) groups excluding carboxylic acids is 1. The van der Waals surface area contributed by atoms with Crippen LogP contribution in [0.15, 0.2) is 40.9 Å². The molecule has 2 aromatic carbocycles. The van der Waals surface area contributed by atoms with E-state index in [0.29, 0.717) is 5.69 Å². The van der Waals surface area contributed by atoms with Gasteiger partial charge in [-0.05, 0) is 30.7 Å². The average molecular weight is 351 g/mol. The van der Waals surface area contributed by atoms with Gasteiger partial charge in [0.15, 0.2) is 0 Å². The van der Waals surface area contributed by atoms with Crippen LogP contribution in [0.4, 0.5) is 11.4 Å². The van der Waals surface area contributed by atoms with Crippen LogP contribution in [0.3, 0.4) is 0 Å². The topological polar surface area (TPSA) is 92.5 Å². The molecule has 0 atom stereocenters. The van der Waals surface area contributed by atoms with E-state index < -0.39 is 22.3 Å². The van der Waals surface area contributed by atoms with Crippen LogP contribution in [0.2, 0.25) is 0 Å². The number of nitrogens with one attached hydrogen (secondary N) is 1. The van der Waals surface area contributed by atoms with E-state index in [2.05, 4.69) is 21.2 Å². The van der Waals surface area contributed by atoms with Crippen LogP contribution in [0.5, 0.6) is 5.75 Å². The summed E-state index contributed by atoms with van der Waals surface area (Å²) in [6.45, 7) is 1.81. The zero-order valence-electron chi connectivity index (χ0n) is 11.0. The lowest BCUT2D eigenvalue weighted by Gasteiger charge is -2.10. The average Bonchev–Trinajstić information content (AvgIpc) is 2.42. The van der Waals surface area contributed by atoms with Gasteiger partial charge in [-0.15, -0.1) is 0 Å². The number of carbonyl (C=O) groups is 1. The summed E-state index contributed by atoms with van der Waals surface area (Å²) in [5.41, 5.74) is 0.731. The van der Waals surface area contributed by atoms with Gasteiger partial charge in [-0.3, -0.25) is 14.9 Å². The van der Waals surface area contributed by atoms with Crippen molar-refractivity contribution in [2.24, 2.45) is 0 Å². The maximum Gasteiger partial charge on any atom is 0.311 e. The van der Waals surface area contributed by atoms with Crippen molar-refractivity contribution in [3.05, 3.63) is 62.1 Å². The van der Waals surface area contributed by atoms with Crippen LogP contribution < -0.4 is 5.32 Å². The number of phenolic OH excluding ortho intramolecular Hbond substituents is 1. The van der Waals surface area contributed by atoms with Crippen LogP contribution in [-0.2, 0) is 0 Å². The number of nitrogens with zero attached hydrogens (tertiary/aromatic N) is 1. The first-order valence-corrected chi connectivity index (χ1v) is 6.73. The fraction of sp³-hybridized carbons (Fsp3) is 0.0714. The molecule has 7 heteroatoms. The third kappa shape index (κ3) is 3.19. The Bertz CT molecular complexity index is 731. The molecule has 21 heavy (non-hydrogen) atoms. The Kier molecular flexibility index (Phi) is 4.23. The Labute approximate surface area is 128 Å². The lowest BCUT2D eigenvalue weighted by molar-refractivity contribution is -0.385. The minimum Gasteiger partial charge on any atom is -0.502 e. The van der Waals surface area contributed by atoms with E-state index in [-0.39, 0.29) is 5.56 Å². The third-order valence-electron chi connectivity index (χ3n) is 2.90. The van der Waals surface area contributed by atoms with Gasteiger partial charge in [0.05, 0.1) is 10.5 Å². The highest BCUT2D eigenvalue weighted by Gasteiger charge is 2.21. The zero-order chi connectivity index (χ0) is 15.6. The second kappa shape index (κ2) is 5.92. The molecule has 2 N–H and O–H groups in total. The number of halogens is 1. The van der Waals surface area contributed by atoms with Crippen molar-refractivity contribution in [2.45, 2.75) is 6.92 Å². The largest absolute Gasteiger partial charge is 0.502 e. The number of para-hydroxylation sites is 1. The molecule has 0 fully saturated rings. The lowest BCUT2D eigenvalue weighted by Crippen LogP contribution is -2.13. The number of phenols is 1. The Morgan fingerprint density at radius 2 is 2.05 bits per heavy atom. The number of nitro benzene ring substituents is 1. The zero-order valence-corrected chi connectivity index (χ0v) is 12.5. The van der Waals surface area contributed by atoms with Crippen molar-refractivity contribution >= 4 is 33.2 Å². The van der Waals surface area contributed by atoms with E-state index in [1.54, 1.807) is 6.07 Å². The Morgan fingerprint density at radius 1 is 1.33 bits per heavy atom. The molecule has 1 amide bonds. The Balaban J connectivity index is 2.35. The predicted molar refractivity (Wildman–Crippen MR) is 81.6 cm³/mol. The summed E-state index contributed by atoms with van der Waals surface area (Å²) < 4.78 is 0.784. The number of hydrogen-bond donors (Lipinski definition) is 2. The summed E-state index contributed by atoms with van der Waals surface area (Å²) in [6, 6.07) is 9.16. The Morgan fingerprint density at radius 3 is 2.71 bits per heavy atom. The van der Waals surface area contributed by atoms with Gasteiger partial charge in [0.2, 0.25) is 5.75 Å². The highest BCUT2D eigenvalue weighted by atomic mass is 79.9. The molecule has 2 rings (SSSR count). The molecule has 0 unspecified atom stereocenters. The number of hydrogen-bond acceptors (Lipinski definition) is 4. The minimum absolute atomic E-state index is 0.149. The molecular weight excluding hydrogens is 340 g/mol. The van der Waals surface area contributed by atoms with Crippen molar-refractivity contribution in [3.63, 3.8) is 0 Å². The van der Waals surface area contributed by atoms with Crippen LogP contribution in [-0.4, -0.2) is 15.9 Å². The fourth-order valence-electron chi connectivity index (χ4n) is 1.78. The first-order chi connectivity index (χ1) is 9.90. The van der Waals surface area contributed by atoms with Crippen molar-refractivity contribution in [1.82, 2.24) is 0 Å². The molecule has 2 aromatic rings. The number of nitro groups is 1. The molecule has 0 aromatic heterocycles. The molecule has 0 aliphatic rings. The van der Waals surface area contributed by atoms with Gasteiger partial charge >= 0.3 is 5.69 Å². The Hall–Kier alpha value is -2.41. The maximum atomic E-state index is 12.2. The molecular formula is C14H11BrN2O4. The molecule has 108 valence electrons. The molecule has 0 spiro atoms. The van der Waals surface area contributed by atoms with Gasteiger partial charge in [0.1, 0.15) is 0 Å². The SMILES string of the molecule is Cc1ccc(Br)cc1NC(=O)c1cccc([N+](=O)[O-])c1O. The second-order valence-corrected chi connectivity index (χ2v) is 5.26. The summed E-state index contributed by atoms with van der Waals surface area (Å²) in [4.78, 5) is 22.2. The fourth-order valence-corrected chi connectivity index (χ4v) is 2.14. The van der Waals surface area contributed by atoms with Gasteiger partial charge in [0.25, 0.3) is 5.91 Å². The minimum atomic E-state index is -0.740. The normalized spacial score (nSPS) is 10.2. The van der Waals surface area contributed by atoms with E-state index in [4.69, 9.17) is 0 Å². The van der Waals surface area contributed by atoms with Gasteiger partial charge in [0, 0.05) is 16.2 Å². The molecule has 0 saturated carbocycles. The van der Waals surface area contributed by atoms with E-state index in [1.165, 1.54) is 12.1 Å². The number of benzene rings is 2. The smallest absolute Gasteiger partial charge is 0.311 e. The van der Waals surface area contributed by atoms with Crippen molar-refractivity contribution in [2.75, 3.05) is 5.32 Å². The first-order valence-electron chi connectivity index (χ1n) is 5.94. The predicted octanol–water partition coefficient (Wildman–Crippen LogP) is 3.62. The highest BCUT2D eigenvalue weighted by Crippen LogP contribution is 2.30. The maximum absolute atomic E-state index is 12.2. The molecule has 0 radical (unpaired) electrons. The lowest BCUT2D eigenvalue weighted by atomic mass is 10.1. The van der Waals surface area contributed by atoms with E-state index in [1.807, 2.05) is 19.1 Å². The number of rotatable bonds is 3. The molecule has 0 saturated heterocycles. The number of amides is 1. The van der Waals surface area contributed by atoms with E-state index in [0.717, 1.165) is 16.1 Å². The third-order valence-corrected chi connectivity index (χ3v) is 3.40. The second-order valence-electron chi connectivity index (χ2n) is 4.34. The van der Waals surface area contributed by atoms with Crippen molar-refractivity contribution in [3.8, 4) is 5.75 Å². The van der Waals surface area contributed by atoms with Crippen LogP contribution >= 0.6 is 15.9 Å². The summed E-state index contributed by atoms with van der Waals surface area (Å²) >= 11 is 3.30. The summed E-state index contributed by atoms with van der Waals surface area (Å²) in [5.74, 6) is -1.26. The number of anilines is 1. The molecule has 0 heterocycles. The molecule has 6 nitrogen and oxygen atoms in total. The van der Waals surface area contributed by atoms with E-state index >= 15 is 0 Å². The van der Waals surface area contributed by atoms with Crippen molar-refractivity contribution in [1.29, 1.82) is 0 Å². The summed E-state index contributed by atoms with van der Waals surface area (Å²) in [7, 11) is 0. The molecule has 0 aliphatic heterocycles. The standard InChI is InChI=1S/C14H11BrN2O4/c1-8-5-6-9(15)7-11(8)16-14(19)10-3-2-4-12(13(10)18)17(20)21/h2-7,18H,1H3,(H,16,19). The molecule has 0 aliphatic carbocycles. The van der Waals surface area contributed by atoms with Crippen LogP contribution in [0.25, 0.3) is 0 Å². The summed E-state index contributed by atoms with van der Waals surface area (Å²) in [5, 5.41) is 23.2. The number of aryl methyl sites for hydroxylation is 1. The monoisotopic (exact) mass is 350 g/mol. The number of aromatic hydroxyl groups is 1. The summed E-state index contributed by atoms with van der Waals surface area (Å²) in [6.07, 6.45) is 0. The van der Waals surface area contributed by atoms with Crippen molar-refractivity contribution < 1.29 is 14.8 Å². The van der Waals surface area contributed by atoms with E-state index in [9.17, 15) is 20.0 Å². The highest BCUT2D eigenvalue weighted by molar-refractivity contribution is 9.10. The van der Waals surface area contributed by atoms with Crippen LogP contribution in [0.1, 0.15) is 15.9 Å². The van der Waals surface area contributed by atoms with Gasteiger partial charge < -0.3 is 10.4 Å². The van der Waals surface area contributed by atoms with Gasteiger partial charge in [-0.2, -0.15) is 0 Å². The first kappa shape index (κ1) is 15.0. The van der Waals surface area contributed by atoms with Crippen LogP contribution in [0, 0.1) is 17.0 Å². The quantitative estimate of drug-likeness (QED) is 0.652. The van der Waals surface area contributed by atoms with Gasteiger partial charge in [-0.1, -0.05) is 28.1 Å². The van der Waals surface area contributed by atoms with Gasteiger partial charge in [-0.25, -0.2) is 0 Å². The molecule has 0 bridgehead atoms.